The minimum absolute atomic E-state index is 0.113. The van der Waals surface area contributed by atoms with Crippen LogP contribution in [0.3, 0.4) is 0 Å². The van der Waals surface area contributed by atoms with Gasteiger partial charge in [0.15, 0.2) is 11.7 Å². The van der Waals surface area contributed by atoms with E-state index < -0.39 is 17.9 Å². The van der Waals surface area contributed by atoms with Crippen molar-refractivity contribution < 1.29 is 14.7 Å². The molecule has 1 heterocycles. The molecule has 0 saturated carbocycles. The second-order valence-corrected chi connectivity index (χ2v) is 4.00. The standard InChI is InChI=1S/C11H9N3O3S/c15-10(8-6-12-18-14-8)13-9(11(16)17)7-4-2-1-3-5-7/h1-6,9H,(H,13,15)(H,16,17)/t9-/m0/s1. The summed E-state index contributed by atoms with van der Waals surface area (Å²) in [7, 11) is 0. The summed E-state index contributed by atoms with van der Waals surface area (Å²) in [5.41, 5.74) is 0.615. The van der Waals surface area contributed by atoms with E-state index in [1.807, 2.05) is 0 Å². The molecular weight excluding hydrogens is 254 g/mol. The second kappa shape index (κ2) is 5.37. The van der Waals surface area contributed by atoms with Crippen molar-refractivity contribution in [3.05, 3.63) is 47.8 Å². The summed E-state index contributed by atoms with van der Waals surface area (Å²) in [6.45, 7) is 0. The van der Waals surface area contributed by atoms with Crippen molar-refractivity contribution in [2.45, 2.75) is 6.04 Å². The van der Waals surface area contributed by atoms with E-state index in [0.717, 1.165) is 11.7 Å². The van der Waals surface area contributed by atoms with Crippen molar-refractivity contribution in [3.8, 4) is 0 Å². The van der Waals surface area contributed by atoms with Crippen LogP contribution in [0, 0.1) is 0 Å². The maximum Gasteiger partial charge on any atom is 0.330 e. The smallest absolute Gasteiger partial charge is 0.330 e. The number of rotatable bonds is 4. The molecule has 1 atom stereocenters. The quantitative estimate of drug-likeness (QED) is 0.861. The molecule has 2 N–H and O–H groups in total. The van der Waals surface area contributed by atoms with Crippen LogP contribution in [0.5, 0.6) is 0 Å². The SMILES string of the molecule is O=C(N[C@H](C(=O)O)c1ccccc1)c1cnsn1. The molecule has 0 spiro atoms. The molecule has 0 radical (unpaired) electrons. The molecule has 0 aliphatic rings. The maximum atomic E-state index is 11.7. The first-order valence-electron chi connectivity index (χ1n) is 5.04. The van der Waals surface area contributed by atoms with E-state index >= 15 is 0 Å². The Kier molecular flexibility index (Phi) is 3.63. The molecule has 2 aromatic rings. The second-order valence-electron chi connectivity index (χ2n) is 3.45. The highest BCUT2D eigenvalue weighted by atomic mass is 32.1. The minimum Gasteiger partial charge on any atom is -0.479 e. The Balaban J connectivity index is 2.18. The van der Waals surface area contributed by atoms with E-state index in [4.69, 9.17) is 5.11 Å². The largest absolute Gasteiger partial charge is 0.479 e. The first-order chi connectivity index (χ1) is 8.68. The summed E-state index contributed by atoms with van der Waals surface area (Å²) in [4.78, 5) is 22.9. The Labute approximate surface area is 107 Å². The Morgan fingerprint density at radius 3 is 2.56 bits per heavy atom. The van der Waals surface area contributed by atoms with Crippen LogP contribution in [-0.2, 0) is 4.79 Å². The van der Waals surface area contributed by atoms with Gasteiger partial charge < -0.3 is 10.4 Å². The minimum atomic E-state index is -1.13. The number of hydrogen-bond donors (Lipinski definition) is 2. The van der Waals surface area contributed by atoms with Crippen molar-refractivity contribution in [2.24, 2.45) is 0 Å². The molecule has 0 aliphatic carbocycles. The fraction of sp³-hybridized carbons (Fsp3) is 0.0909. The van der Waals surface area contributed by atoms with Crippen LogP contribution >= 0.6 is 11.7 Å². The van der Waals surface area contributed by atoms with Crippen LogP contribution in [-0.4, -0.2) is 25.7 Å². The molecule has 1 aromatic carbocycles. The van der Waals surface area contributed by atoms with Gasteiger partial charge in [0.2, 0.25) is 0 Å². The lowest BCUT2D eigenvalue weighted by Crippen LogP contribution is -2.33. The van der Waals surface area contributed by atoms with Gasteiger partial charge in [0.25, 0.3) is 5.91 Å². The number of carboxylic acids is 1. The van der Waals surface area contributed by atoms with Crippen molar-refractivity contribution in [1.29, 1.82) is 0 Å². The number of nitrogens with zero attached hydrogens (tertiary/aromatic N) is 2. The Hall–Kier alpha value is -2.28. The first-order valence-corrected chi connectivity index (χ1v) is 5.77. The molecule has 7 heteroatoms. The number of hydrogen-bond acceptors (Lipinski definition) is 5. The fourth-order valence-electron chi connectivity index (χ4n) is 1.40. The molecular formula is C11H9N3O3S. The van der Waals surface area contributed by atoms with Gasteiger partial charge in [-0.15, -0.1) is 0 Å². The summed E-state index contributed by atoms with van der Waals surface area (Å²) >= 11 is 0.891. The zero-order valence-electron chi connectivity index (χ0n) is 9.11. The van der Waals surface area contributed by atoms with E-state index in [-0.39, 0.29) is 5.69 Å². The van der Waals surface area contributed by atoms with E-state index in [9.17, 15) is 9.59 Å². The van der Waals surface area contributed by atoms with Crippen molar-refractivity contribution in [2.75, 3.05) is 0 Å². The van der Waals surface area contributed by atoms with Gasteiger partial charge >= 0.3 is 5.97 Å². The van der Waals surface area contributed by atoms with Gasteiger partial charge in [-0.1, -0.05) is 30.3 Å². The molecule has 0 unspecified atom stereocenters. The Morgan fingerprint density at radius 1 is 1.28 bits per heavy atom. The molecule has 0 saturated heterocycles. The zero-order valence-corrected chi connectivity index (χ0v) is 9.92. The van der Waals surface area contributed by atoms with Gasteiger partial charge in [0, 0.05) is 0 Å². The predicted octanol–water partition coefficient (Wildman–Crippen LogP) is 1.09. The number of benzene rings is 1. The number of aromatic nitrogens is 2. The molecule has 1 aromatic heterocycles. The van der Waals surface area contributed by atoms with Gasteiger partial charge in [0.05, 0.1) is 17.9 Å². The third kappa shape index (κ3) is 2.69. The van der Waals surface area contributed by atoms with Crippen LogP contribution < -0.4 is 5.32 Å². The highest BCUT2D eigenvalue weighted by molar-refractivity contribution is 6.99. The highest BCUT2D eigenvalue weighted by Crippen LogP contribution is 2.13. The normalized spacial score (nSPS) is 11.8. The summed E-state index contributed by atoms with van der Waals surface area (Å²) in [5, 5.41) is 11.5. The number of carboxylic acid groups (broad SMARTS) is 1. The van der Waals surface area contributed by atoms with Gasteiger partial charge in [-0.2, -0.15) is 8.75 Å². The third-order valence-corrected chi connectivity index (χ3v) is 2.73. The number of amides is 1. The lowest BCUT2D eigenvalue weighted by molar-refractivity contribution is -0.139. The fourth-order valence-corrected chi connectivity index (χ4v) is 1.82. The average molecular weight is 263 g/mol. The van der Waals surface area contributed by atoms with Gasteiger partial charge in [-0.05, 0) is 5.56 Å². The lowest BCUT2D eigenvalue weighted by Gasteiger charge is -2.13. The van der Waals surface area contributed by atoms with Crippen LogP contribution in [0.1, 0.15) is 22.1 Å². The van der Waals surface area contributed by atoms with Crippen molar-refractivity contribution in [1.82, 2.24) is 14.1 Å². The molecule has 2 rings (SSSR count). The van der Waals surface area contributed by atoms with Crippen molar-refractivity contribution in [3.63, 3.8) is 0 Å². The van der Waals surface area contributed by atoms with Crippen LogP contribution in [0.25, 0.3) is 0 Å². The predicted molar refractivity (Wildman–Crippen MR) is 64.2 cm³/mol. The van der Waals surface area contributed by atoms with Crippen LogP contribution in [0.4, 0.5) is 0 Å². The van der Waals surface area contributed by atoms with E-state index in [1.54, 1.807) is 30.3 Å². The summed E-state index contributed by atoms with van der Waals surface area (Å²) in [6.07, 6.45) is 1.30. The van der Waals surface area contributed by atoms with Crippen LogP contribution in [0.2, 0.25) is 0 Å². The zero-order chi connectivity index (χ0) is 13.0. The summed E-state index contributed by atoms with van der Waals surface area (Å²) < 4.78 is 7.44. The van der Waals surface area contributed by atoms with Crippen LogP contribution in [0.15, 0.2) is 36.5 Å². The molecule has 92 valence electrons. The Bertz CT molecular complexity index is 542. The molecule has 0 aliphatic heterocycles. The van der Waals surface area contributed by atoms with Crippen molar-refractivity contribution >= 4 is 23.6 Å². The Morgan fingerprint density at radius 2 is 2.00 bits per heavy atom. The summed E-state index contributed by atoms with van der Waals surface area (Å²) in [6, 6.07) is 7.37. The molecule has 6 nitrogen and oxygen atoms in total. The molecule has 0 fully saturated rings. The monoisotopic (exact) mass is 263 g/mol. The molecule has 0 bridgehead atoms. The average Bonchev–Trinajstić information content (AvgIpc) is 2.90. The van der Waals surface area contributed by atoms with E-state index in [0.29, 0.717) is 5.56 Å². The third-order valence-electron chi connectivity index (χ3n) is 2.25. The number of carbonyl (C=O) groups is 2. The topological polar surface area (TPSA) is 92.2 Å². The lowest BCUT2D eigenvalue weighted by atomic mass is 10.1. The van der Waals surface area contributed by atoms with Gasteiger partial charge in [-0.3, -0.25) is 4.79 Å². The van der Waals surface area contributed by atoms with Gasteiger partial charge in [-0.25, -0.2) is 4.79 Å². The van der Waals surface area contributed by atoms with Gasteiger partial charge in [0.1, 0.15) is 0 Å². The number of carbonyl (C=O) groups excluding carboxylic acids is 1. The number of aliphatic carboxylic acids is 1. The van der Waals surface area contributed by atoms with E-state index in [2.05, 4.69) is 14.1 Å². The molecule has 1 amide bonds. The molecule has 18 heavy (non-hydrogen) atoms. The summed E-state index contributed by atoms with van der Waals surface area (Å²) in [5.74, 6) is -1.68. The number of nitrogens with one attached hydrogen (secondary N) is 1. The van der Waals surface area contributed by atoms with E-state index in [1.165, 1.54) is 6.20 Å². The maximum absolute atomic E-state index is 11.7. The first kappa shape index (κ1) is 12.2. The highest BCUT2D eigenvalue weighted by Gasteiger charge is 2.23.